The van der Waals surface area contributed by atoms with Crippen LogP contribution in [0.2, 0.25) is 0 Å². The largest absolute Gasteiger partial charge is 0.378 e. The molecule has 0 atom stereocenters. The summed E-state index contributed by atoms with van der Waals surface area (Å²) >= 11 is 0. The zero-order chi connectivity index (χ0) is 19.1. The Morgan fingerprint density at radius 3 is 2.54 bits per heavy atom. The van der Waals surface area contributed by atoms with E-state index in [0.29, 0.717) is 12.1 Å². The molecule has 0 saturated carbocycles. The van der Waals surface area contributed by atoms with Crippen molar-refractivity contribution in [2.45, 2.75) is 26.3 Å². The van der Waals surface area contributed by atoms with Crippen molar-refractivity contribution in [3.05, 3.63) is 58.0 Å². The molecule has 1 aromatic carbocycles. The fraction of sp³-hybridized carbons (Fsp3) is 0.333. The lowest BCUT2D eigenvalue weighted by atomic mass is 10.2. The first-order valence-electron chi connectivity index (χ1n) is 8.38. The number of nitrogens with zero attached hydrogens (tertiary/aromatic N) is 3. The van der Waals surface area contributed by atoms with Gasteiger partial charge in [0.25, 0.3) is 17.4 Å². The molecule has 26 heavy (non-hydrogen) atoms. The second-order valence-corrected chi connectivity index (χ2v) is 5.99. The van der Waals surface area contributed by atoms with Crippen LogP contribution in [0.1, 0.15) is 40.6 Å². The van der Waals surface area contributed by atoms with E-state index in [1.807, 2.05) is 32.0 Å². The van der Waals surface area contributed by atoms with Crippen LogP contribution in [0.3, 0.4) is 0 Å². The average molecular weight is 357 g/mol. The van der Waals surface area contributed by atoms with Gasteiger partial charge in [0, 0.05) is 38.0 Å². The predicted octanol–water partition coefficient (Wildman–Crippen LogP) is 1.18. The van der Waals surface area contributed by atoms with Crippen LogP contribution >= 0.6 is 0 Å². The highest BCUT2D eigenvalue weighted by Crippen LogP contribution is 2.13. The number of aryl methyl sites for hydroxylation is 1. The van der Waals surface area contributed by atoms with Crippen molar-refractivity contribution in [3.8, 4) is 0 Å². The molecule has 0 aliphatic heterocycles. The van der Waals surface area contributed by atoms with Gasteiger partial charge in [-0.05, 0) is 30.7 Å². The summed E-state index contributed by atoms with van der Waals surface area (Å²) in [4.78, 5) is 38.0. The van der Waals surface area contributed by atoms with Gasteiger partial charge in [0.1, 0.15) is 0 Å². The molecule has 1 aromatic heterocycles. The average Bonchev–Trinajstić information content (AvgIpc) is 2.65. The Labute approximate surface area is 151 Å². The number of hydrazine groups is 1. The van der Waals surface area contributed by atoms with Crippen molar-refractivity contribution < 1.29 is 9.59 Å². The Hall–Kier alpha value is -3.16. The lowest BCUT2D eigenvalue weighted by molar-refractivity contribution is 0.0842. The molecule has 8 nitrogen and oxygen atoms in total. The molecule has 138 valence electrons. The van der Waals surface area contributed by atoms with Crippen molar-refractivity contribution >= 4 is 17.5 Å². The van der Waals surface area contributed by atoms with Crippen molar-refractivity contribution in [1.29, 1.82) is 0 Å². The van der Waals surface area contributed by atoms with Crippen LogP contribution in [0, 0.1) is 0 Å². The van der Waals surface area contributed by atoms with Crippen molar-refractivity contribution in [1.82, 2.24) is 20.6 Å². The van der Waals surface area contributed by atoms with E-state index in [-0.39, 0.29) is 11.3 Å². The van der Waals surface area contributed by atoms with Crippen LogP contribution in [0.15, 0.2) is 41.2 Å². The van der Waals surface area contributed by atoms with Gasteiger partial charge in [-0.1, -0.05) is 19.4 Å². The number of carbonyl (C=O) groups is 2. The molecule has 1 heterocycles. The molecular weight excluding hydrogens is 334 g/mol. The highest BCUT2D eigenvalue weighted by Gasteiger charge is 2.12. The highest BCUT2D eigenvalue weighted by molar-refractivity contribution is 5.98. The molecule has 0 unspecified atom stereocenters. The van der Waals surface area contributed by atoms with E-state index in [0.717, 1.165) is 18.5 Å². The van der Waals surface area contributed by atoms with E-state index in [4.69, 9.17) is 0 Å². The van der Waals surface area contributed by atoms with Gasteiger partial charge in [-0.2, -0.15) is 5.10 Å². The number of anilines is 1. The molecule has 2 aromatic rings. The Bertz CT molecular complexity index is 845. The van der Waals surface area contributed by atoms with E-state index >= 15 is 0 Å². The van der Waals surface area contributed by atoms with Crippen LogP contribution in [-0.2, 0) is 6.54 Å². The van der Waals surface area contributed by atoms with Gasteiger partial charge in [0.05, 0.1) is 0 Å². The van der Waals surface area contributed by atoms with Crippen molar-refractivity contribution in [3.63, 3.8) is 0 Å². The monoisotopic (exact) mass is 357 g/mol. The Kier molecular flexibility index (Phi) is 6.48. The Morgan fingerprint density at radius 1 is 1.12 bits per heavy atom. The summed E-state index contributed by atoms with van der Waals surface area (Å²) in [6.45, 7) is 2.45. The maximum absolute atomic E-state index is 12.2. The molecule has 0 saturated heterocycles. The number of hydrogen-bond acceptors (Lipinski definition) is 5. The molecule has 2 rings (SSSR count). The summed E-state index contributed by atoms with van der Waals surface area (Å²) in [5, 5.41) is 4.03. The summed E-state index contributed by atoms with van der Waals surface area (Å²) in [5.74, 6) is -1.03. The predicted molar refractivity (Wildman–Crippen MR) is 99.1 cm³/mol. The number of benzene rings is 1. The maximum atomic E-state index is 12.2. The lowest BCUT2D eigenvalue weighted by Crippen LogP contribution is -2.42. The zero-order valence-corrected chi connectivity index (χ0v) is 15.2. The second-order valence-electron chi connectivity index (χ2n) is 5.99. The van der Waals surface area contributed by atoms with Gasteiger partial charge < -0.3 is 4.90 Å². The summed E-state index contributed by atoms with van der Waals surface area (Å²) in [6.07, 6.45) is 1.70. The SMILES string of the molecule is CCCCn1nc(C(=O)NNC(=O)c2cccc(N(C)C)c2)ccc1=O. The molecule has 0 radical (unpaired) electrons. The fourth-order valence-electron chi connectivity index (χ4n) is 2.21. The first kappa shape index (κ1) is 19.2. The van der Waals surface area contributed by atoms with Gasteiger partial charge in [-0.15, -0.1) is 0 Å². The summed E-state index contributed by atoms with van der Waals surface area (Å²) in [6, 6.07) is 9.62. The minimum atomic E-state index is -0.590. The quantitative estimate of drug-likeness (QED) is 0.757. The number of unbranched alkanes of at least 4 members (excludes halogenated alkanes) is 1. The Morgan fingerprint density at radius 2 is 1.85 bits per heavy atom. The minimum Gasteiger partial charge on any atom is -0.378 e. The third-order valence-corrected chi connectivity index (χ3v) is 3.74. The maximum Gasteiger partial charge on any atom is 0.290 e. The second kappa shape index (κ2) is 8.80. The van der Waals surface area contributed by atoms with Gasteiger partial charge in [0.15, 0.2) is 5.69 Å². The lowest BCUT2D eigenvalue weighted by Gasteiger charge is -2.13. The van der Waals surface area contributed by atoms with Gasteiger partial charge in [-0.3, -0.25) is 25.2 Å². The fourth-order valence-corrected chi connectivity index (χ4v) is 2.21. The standard InChI is InChI=1S/C18H23N5O3/c1-4-5-11-23-16(24)10-9-15(21-23)18(26)20-19-17(25)13-7-6-8-14(12-13)22(2)3/h6-10,12H,4-5,11H2,1-3H3,(H,19,25)(H,20,26). The zero-order valence-electron chi connectivity index (χ0n) is 15.2. The van der Waals surface area contributed by atoms with Gasteiger partial charge >= 0.3 is 0 Å². The van der Waals surface area contributed by atoms with Crippen LogP contribution in [0.5, 0.6) is 0 Å². The molecule has 2 N–H and O–H groups in total. The molecule has 0 fully saturated rings. The van der Waals surface area contributed by atoms with E-state index in [9.17, 15) is 14.4 Å². The number of carbonyl (C=O) groups excluding carboxylic acids is 2. The van der Waals surface area contributed by atoms with Gasteiger partial charge in [-0.25, -0.2) is 4.68 Å². The molecule has 2 amide bonds. The highest BCUT2D eigenvalue weighted by atomic mass is 16.2. The topological polar surface area (TPSA) is 96.3 Å². The van der Waals surface area contributed by atoms with Crippen molar-refractivity contribution in [2.75, 3.05) is 19.0 Å². The number of rotatable bonds is 6. The molecule has 0 bridgehead atoms. The Balaban J connectivity index is 2.03. The summed E-state index contributed by atoms with van der Waals surface area (Å²) in [5.41, 5.74) is 5.75. The minimum absolute atomic E-state index is 0.0584. The summed E-state index contributed by atoms with van der Waals surface area (Å²) in [7, 11) is 3.75. The van der Waals surface area contributed by atoms with Crippen LogP contribution in [-0.4, -0.2) is 35.7 Å². The van der Waals surface area contributed by atoms with E-state index < -0.39 is 11.8 Å². The van der Waals surface area contributed by atoms with Crippen molar-refractivity contribution in [2.24, 2.45) is 0 Å². The third kappa shape index (κ3) is 4.92. The number of aromatic nitrogens is 2. The molecule has 0 aliphatic carbocycles. The number of nitrogens with one attached hydrogen (secondary N) is 2. The smallest absolute Gasteiger partial charge is 0.290 e. The van der Waals surface area contributed by atoms with Crippen LogP contribution < -0.4 is 21.3 Å². The first-order valence-corrected chi connectivity index (χ1v) is 8.38. The molecule has 8 heteroatoms. The molecular formula is C18H23N5O3. The van der Waals surface area contributed by atoms with Crippen LogP contribution in [0.4, 0.5) is 5.69 Å². The normalized spacial score (nSPS) is 10.3. The summed E-state index contributed by atoms with van der Waals surface area (Å²) < 4.78 is 1.25. The molecule has 0 aliphatic rings. The van der Waals surface area contributed by atoms with E-state index in [1.54, 1.807) is 18.2 Å². The number of amides is 2. The van der Waals surface area contributed by atoms with Crippen LogP contribution in [0.25, 0.3) is 0 Å². The van der Waals surface area contributed by atoms with E-state index in [1.165, 1.54) is 16.8 Å². The molecule has 0 spiro atoms. The van der Waals surface area contributed by atoms with Gasteiger partial charge in [0.2, 0.25) is 0 Å². The van der Waals surface area contributed by atoms with E-state index in [2.05, 4.69) is 16.0 Å². The number of hydrogen-bond donors (Lipinski definition) is 2. The first-order chi connectivity index (χ1) is 12.4. The third-order valence-electron chi connectivity index (χ3n) is 3.74.